The van der Waals surface area contributed by atoms with Crippen molar-refractivity contribution in [3.63, 3.8) is 0 Å². The number of likely N-dealkylation sites (tertiary alicyclic amines) is 1. The minimum Gasteiger partial charge on any atom is -0.383 e. The molecule has 3 N–H and O–H groups in total. The molecule has 1 fully saturated rings. The Labute approximate surface area is 163 Å². The van der Waals surface area contributed by atoms with E-state index in [0.717, 1.165) is 38.5 Å². The zero-order valence-electron chi connectivity index (χ0n) is 15.2. The van der Waals surface area contributed by atoms with E-state index in [2.05, 4.69) is 32.3 Å². The summed E-state index contributed by atoms with van der Waals surface area (Å²) in [5.41, 5.74) is 5.13. The highest BCUT2D eigenvalue weighted by Crippen LogP contribution is 2.35. The number of fused-ring (bicyclic) bond motifs is 1. The van der Waals surface area contributed by atoms with Crippen molar-refractivity contribution in [3.8, 4) is 11.3 Å². The molecule has 11 heteroatoms. The van der Waals surface area contributed by atoms with E-state index < -0.39 is 17.6 Å². The number of piperidine rings is 1. The van der Waals surface area contributed by atoms with Crippen LogP contribution in [0.15, 0.2) is 18.5 Å². The van der Waals surface area contributed by atoms with Crippen LogP contribution in [0.3, 0.4) is 0 Å². The van der Waals surface area contributed by atoms with Crippen LogP contribution in [0.1, 0.15) is 18.4 Å². The van der Waals surface area contributed by atoms with Crippen molar-refractivity contribution in [1.82, 2.24) is 24.5 Å². The summed E-state index contributed by atoms with van der Waals surface area (Å²) in [6.07, 6.45) is 0.495. The summed E-state index contributed by atoms with van der Waals surface area (Å²) in [7, 11) is 2.12. The third kappa shape index (κ3) is 3.76. The summed E-state index contributed by atoms with van der Waals surface area (Å²) >= 11 is 1.37. The Hall–Kier alpha value is -2.40. The predicted molar refractivity (Wildman–Crippen MR) is 102 cm³/mol. The third-order valence-corrected chi connectivity index (χ3v) is 5.87. The van der Waals surface area contributed by atoms with Crippen molar-refractivity contribution in [2.24, 2.45) is 5.92 Å². The molecule has 0 aliphatic carbocycles. The van der Waals surface area contributed by atoms with Gasteiger partial charge in [0.25, 0.3) is 0 Å². The quantitative estimate of drug-likeness (QED) is 0.686. The van der Waals surface area contributed by atoms with Gasteiger partial charge in [-0.15, -0.1) is 5.10 Å². The smallest absolute Gasteiger partial charge is 0.383 e. The van der Waals surface area contributed by atoms with Gasteiger partial charge in [-0.1, -0.05) is 11.3 Å². The van der Waals surface area contributed by atoms with Crippen LogP contribution in [-0.2, 0) is 6.18 Å². The van der Waals surface area contributed by atoms with E-state index in [-0.39, 0.29) is 5.56 Å². The van der Waals surface area contributed by atoms with Crippen molar-refractivity contribution in [1.29, 1.82) is 0 Å². The van der Waals surface area contributed by atoms with Crippen molar-refractivity contribution in [2.75, 3.05) is 37.7 Å². The number of imidazole rings is 1. The lowest BCUT2D eigenvalue weighted by molar-refractivity contribution is -0.137. The molecule has 3 aromatic heterocycles. The summed E-state index contributed by atoms with van der Waals surface area (Å²) < 4.78 is 40.9. The van der Waals surface area contributed by atoms with Crippen molar-refractivity contribution in [2.45, 2.75) is 19.0 Å². The second-order valence-electron chi connectivity index (χ2n) is 7.03. The van der Waals surface area contributed by atoms with Gasteiger partial charge in [-0.2, -0.15) is 13.2 Å². The van der Waals surface area contributed by atoms with E-state index in [9.17, 15) is 13.2 Å². The summed E-state index contributed by atoms with van der Waals surface area (Å²) in [6, 6.07) is 0.983. The number of nitrogens with zero attached hydrogens (tertiary/aromatic N) is 5. The molecule has 0 aromatic carbocycles. The second-order valence-corrected chi connectivity index (χ2v) is 7.98. The van der Waals surface area contributed by atoms with Crippen molar-refractivity contribution < 1.29 is 13.2 Å². The van der Waals surface area contributed by atoms with Crippen LogP contribution in [-0.4, -0.2) is 51.2 Å². The highest BCUT2D eigenvalue weighted by molar-refractivity contribution is 7.20. The Morgan fingerprint density at radius 2 is 2.00 bits per heavy atom. The fourth-order valence-electron chi connectivity index (χ4n) is 3.30. The monoisotopic (exact) mass is 411 g/mol. The lowest BCUT2D eigenvalue weighted by Gasteiger charge is -2.28. The van der Waals surface area contributed by atoms with Crippen LogP contribution in [0, 0.1) is 5.92 Å². The first kappa shape index (κ1) is 18.9. The zero-order chi connectivity index (χ0) is 19.9. The largest absolute Gasteiger partial charge is 0.419 e. The van der Waals surface area contributed by atoms with Crippen LogP contribution in [0.2, 0.25) is 0 Å². The van der Waals surface area contributed by atoms with Crippen molar-refractivity contribution in [3.05, 3.63) is 24.0 Å². The molecule has 1 aliphatic heterocycles. The van der Waals surface area contributed by atoms with Gasteiger partial charge in [-0.25, -0.2) is 14.5 Å². The fourth-order valence-corrected chi connectivity index (χ4v) is 4.08. The third-order valence-electron chi connectivity index (χ3n) is 4.99. The molecule has 0 spiro atoms. The van der Waals surface area contributed by atoms with E-state index in [1.54, 1.807) is 0 Å². The molecular weight excluding hydrogens is 391 g/mol. The molecule has 0 bridgehead atoms. The highest BCUT2D eigenvalue weighted by atomic mass is 32.1. The summed E-state index contributed by atoms with van der Waals surface area (Å²) in [4.78, 5) is 10.9. The standard InChI is InChI=1S/C17H20F3N7S/c1-26-4-2-10(3-5-26)7-23-15-25-27-13(9-24-16(27)28-15)11-6-12(17(18,19)20)14(21)22-8-11/h6,8-10H,2-5,7H2,1H3,(H2,21,22)(H,23,25). The van der Waals surface area contributed by atoms with Crippen LogP contribution in [0.25, 0.3) is 16.2 Å². The van der Waals surface area contributed by atoms with Gasteiger partial charge in [0.15, 0.2) is 0 Å². The molecule has 0 atom stereocenters. The normalized spacial score (nSPS) is 16.7. The highest BCUT2D eigenvalue weighted by Gasteiger charge is 2.34. The molecule has 28 heavy (non-hydrogen) atoms. The van der Waals surface area contributed by atoms with E-state index in [0.29, 0.717) is 21.7 Å². The van der Waals surface area contributed by atoms with Gasteiger partial charge in [-0.3, -0.25) is 0 Å². The SMILES string of the molecule is CN1CCC(CNc2nn3c(-c4cnc(N)c(C(F)(F)F)c4)cnc3s2)CC1. The lowest BCUT2D eigenvalue weighted by atomic mass is 9.97. The average Bonchev–Trinajstić information content (AvgIpc) is 3.21. The molecule has 0 unspecified atom stereocenters. The first-order chi connectivity index (χ1) is 13.3. The number of pyridine rings is 1. The fraction of sp³-hybridized carbons (Fsp3) is 0.471. The van der Waals surface area contributed by atoms with E-state index >= 15 is 0 Å². The Kier molecular flexibility index (Phi) is 4.88. The molecule has 7 nitrogen and oxygen atoms in total. The molecular formula is C17H20F3N7S. The van der Waals surface area contributed by atoms with Crippen LogP contribution in [0.5, 0.6) is 0 Å². The Morgan fingerprint density at radius 3 is 2.71 bits per heavy atom. The van der Waals surface area contributed by atoms with Gasteiger partial charge < -0.3 is 16.0 Å². The van der Waals surface area contributed by atoms with Crippen LogP contribution in [0.4, 0.5) is 24.1 Å². The first-order valence-electron chi connectivity index (χ1n) is 8.91. The minimum absolute atomic E-state index is 0.265. The van der Waals surface area contributed by atoms with Gasteiger partial charge in [-0.05, 0) is 45.0 Å². The minimum atomic E-state index is -4.57. The maximum absolute atomic E-state index is 13.1. The van der Waals surface area contributed by atoms with Gasteiger partial charge >= 0.3 is 6.18 Å². The molecule has 0 amide bonds. The van der Waals surface area contributed by atoms with Gasteiger partial charge in [0.2, 0.25) is 10.1 Å². The molecule has 4 rings (SSSR count). The van der Waals surface area contributed by atoms with E-state index in [1.165, 1.54) is 28.2 Å². The van der Waals surface area contributed by atoms with Crippen LogP contribution >= 0.6 is 11.3 Å². The molecule has 150 valence electrons. The maximum Gasteiger partial charge on any atom is 0.419 e. The molecule has 1 aliphatic rings. The average molecular weight is 411 g/mol. The number of nitrogen functional groups attached to an aromatic ring is 1. The molecule has 3 aromatic rings. The van der Waals surface area contributed by atoms with Crippen LogP contribution < -0.4 is 11.1 Å². The number of nitrogens with one attached hydrogen (secondary N) is 1. The topological polar surface area (TPSA) is 84.4 Å². The lowest BCUT2D eigenvalue weighted by Crippen LogP contribution is -2.32. The van der Waals surface area contributed by atoms with E-state index in [1.807, 2.05) is 0 Å². The number of anilines is 2. The molecule has 1 saturated heterocycles. The summed E-state index contributed by atoms with van der Waals surface area (Å²) in [5.74, 6) is 0.0401. The number of hydrogen-bond donors (Lipinski definition) is 2. The number of rotatable bonds is 4. The Bertz CT molecular complexity index is 973. The number of halogens is 3. The van der Waals surface area contributed by atoms with Crippen molar-refractivity contribution >= 4 is 27.2 Å². The van der Waals surface area contributed by atoms with Gasteiger partial charge in [0, 0.05) is 18.3 Å². The number of hydrogen-bond acceptors (Lipinski definition) is 7. The van der Waals surface area contributed by atoms with Gasteiger partial charge in [0.1, 0.15) is 5.82 Å². The first-order valence-corrected chi connectivity index (χ1v) is 9.73. The second kappa shape index (κ2) is 7.21. The molecule has 4 heterocycles. The number of nitrogens with two attached hydrogens (primary N) is 1. The number of alkyl halides is 3. The predicted octanol–water partition coefficient (Wildman–Crippen LogP) is 3.21. The number of aromatic nitrogens is 4. The molecule has 0 saturated carbocycles. The Morgan fingerprint density at radius 1 is 1.25 bits per heavy atom. The Balaban J connectivity index is 1.55. The summed E-state index contributed by atoms with van der Waals surface area (Å²) in [5, 5.41) is 8.51. The zero-order valence-corrected chi connectivity index (χ0v) is 16.0. The summed E-state index contributed by atoms with van der Waals surface area (Å²) in [6.45, 7) is 2.99. The molecule has 0 radical (unpaired) electrons. The maximum atomic E-state index is 13.1. The van der Waals surface area contributed by atoms with Gasteiger partial charge in [0.05, 0.1) is 17.5 Å². The van der Waals surface area contributed by atoms with E-state index in [4.69, 9.17) is 5.73 Å².